The Morgan fingerprint density at radius 1 is 1.26 bits per heavy atom. The highest BCUT2D eigenvalue weighted by atomic mass is 16.5. The molecule has 31 heavy (non-hydrogen) atoms. The minimum atomic E-state index is -1.11. The molecule has 0 saturated heterocycles. The SMILES string of the molecule is CCCCOCCCCC1C(C)C(O)CC1[C@@]1(C=O)CC2C=C(C(C)C)[C@@]1(C(=O)O)C2. The first-order valence-corrected chi connectivity index (χ1v) is 12.4. The smallest absolute Gasteiger partial charge is 0.314 e. The summed E-state index contributed by atoms with van der Waals surface area (Å²) in [6, 6.07) is 0. The van der Waals surface area contributed by atoms with E-state index in [1.165, 1.54) is 0 Å². The average Bonchev–Trinajstić information content (AvgIpc) is 3.37. The summed E-state index contributed by atoms with van der Waals surface area (Å²) in [6.07, 6.45) is 9.42. The van der Waals surface area contributed by atoms with Crippen molar-refractivity contribution in [3.05, 3.63) is 11.6 Å². The van der Waals surface area contributed by atoms with E-state index in [1.807, 2.05) is 13.8 Å². The van der Waals surface area contributed by atoms with E-state index >= 15 is 0 Å². The maximum atomic E-state index is 12.8. The number of aliphatic carboxylic acids is 1. The Bertz CT molecular complexity index is 685. The Kier molecular flexibility index (Phi) is 7.68. The molecule has 0 aromatic carbocycles. The van der Waals surface area contributed by atoms with Gasteiger partial charge in [-0.05, 0) is 68.1 Å². The third-order valence-corrected chi connectivity index (χ3v) is 8.74. The first-order valence-electron chi connectivity index (χ1n) is 12.4. The van der Waals surface area contributed by atoms with Gasteiger partial charge in [0.2, 0.25) is 0 Å². The van der Waals surface area contributed by atoms with Crippen molar-refractivity contribution in [2.75, 3.05) is 13.2 Å². The van der Waals surface area contributed by atoms with Crippen LogP contribution in [0.4, 0.5) is 0 Å². The number of carbonyl (C=O) groups excluding carboxylic acids is 1. The number of aldehydes is 1. The van der Waals surface area contributed by atoms with Crippen LogP contribution in [0, 0.1) is 40.4 Å². The van der Waals surface area contributed by atoms with Gasteiger partial charge in [-0.15, -0.1) is 0 Å². The van der Waals surface area contributed by atoms with Gasteiger partial charge in [-0.1, -0.05) is 52.2 Å². The fourth-order valence-electron chi connectivity index (χ4n) is 7.25. The number of rotatable bonds is 12. The Balaban J connectivity index is 1.81. The molecule has 5 nitrogen and oxygen atoms in total. The third kappa shape index (κ3) is 4.01. The standard InChI is InChI=1S/C26H42O5/c1-5-6-10-31-11-8-7-9-20-18(4)23(28)13-22(20)25(16-27)14-19-12-21(17(2)3)26(25,15-19)24(29)30/h12,16-20,22-23,28H,5-11,13-15H2,1-4H3,(H,29,30)/t18?,19?,20?,22?,23?,25-,26+/m0/s1. The second kappa shape index (κ2) is 9.74. The zero-order chi connectivity index (χ0) is 22.8. The van der Waals surface area contributed by atoms with Gasteiger partial charge in [-0.2, -0.15) is 0 Å². The first kappa shape index (κ1) is 24.4. The maximum Gasteiger partial charge on any atom is 0.314 e. The molecule has 176 valence electrons. The first-order chi connectivity index (χ1) is 14.7. The fraction of sp³-hybridized carbons (Fsp3) is 0.846. The molecule has 0 heterocycles. The zero-order valence-corrected chi connectivity index (χ0v) is 19.8. The maximum absolute atomic E-state index is 12.8. The van der Waals surface area contributed by atoms with Crippen LogP contribution in [0.2, 0.25) is 0 Å². The lowest BCUT2D eigenvalue weighted by Crippen LogP contribution is -2.53. The topological polar surface area (TPSA) is 83.8 Å². The molecule has 0 aromatic rings. The largest absolute Gasteiger partial charge is 0.481 e. The molecule has 2 bridgehead atoms. The minimum absolute atomic E-state index is 0.0827. The summed E-state index contributed by atoms with van der Waals surface area (Å²) in [4.78, 5) is 25.6. The summed E-state index contributed by atoms with van der Waals surface area (Å²) < 4.78 is 5.69. The van der Waals surface area contributed by atoms with E-state index in [0.29, 0.717) is 19.3 Å². The van der Waals surface area contributed by atoms with Crippen LogP contribution in [-0.2, 0) is 14.3 Å². The van der Waals surface area contributed by atoms with Gasteiger partial charge in [0.1, 0.15) is 11.7 Å². The summed E-state index contributed by atoms with van der Waals surface area (Å²) in [7, 11) is 0. The summed E-state index contributed by atoms with van der Waals surface area (Å²) in [5.41, 5.74) is -1.09. The van der Waals surface area contributed by atoms with Gasteiger partial charge in [0.05, 0.1) is 6.10 Å². The molecule has 0 amide bonds. The Morgan fingerprint density at radius 2 is 1.97 bits per heavy atom. The van der Waals surface area contributed by atoms with Gasteiger partial charge < -0.3 is 19.7 Å². The molecule has 2 fully saturated rings. The summed E-state index contributed by atoms with van der Waals surface area (Å²) >= 11 is 0. The van der Waals surface area contributed by atoms with E-state index in [1.54, 1.807) is 0 Å². The van der Waals surface area contributed by atoms with Crippen LogP contribution < -0.4 is 0 Å². The van der Waals surface area contributed by atoms with Crippen LogP contribution >= 0.6 is 0 Å². The van der Waals surface area contributed by atoms with Crippen molar-refractivity contribution in [3.63, 3.8) is 0 Å². The van der Waals surface area contributed by atoms with Crippen LogP contribution in [0.25, 0.3) is 0 Å². The monoisotopic (exact) mass is 434 g/mol. The van der Waals surface area contributed by atoms with Crippen molar-refractivity contribution in [1.82, 2.24) is 0 Å². The van der Waals surface area contributed by atoms with Crippen LogP contribution in [0.15, 0.2) is 11.6 Å². The van der Waals surface area contributed by atoms with Gasteiger partial charge in [-0.25, -0.2) is 0 Å². The molecule has 0 aliphatic heterocycles. The third-order valence-electron chi connectivity index (χ3n) is 8.74. The van der Waals surface area contributed by atoms with Gasteiger partial charge in [0.15, 0.2) is 0 Å². The number of fused-ring (bicyclic) bond motifs is 2. The zero-order valence-electron chi connectivity index (χ0n) is 19.8. The van der Waals surface area contributed by atoms with Crippen LogP contribution in [0.5, 0.6) is 0 Å². The lowest BCUT2D eigenvalue weighted by molar-refractivity contribution is -0.160. The predicted molar refractivity (Wildman–Crippen MR) is 121 cm³/mol. The van der Waals surface area contributed by atoms with Gasteiger partial charge in [0, 0.05) is 18.6 Å². The molecule has 5 unspecified atom stereocenters. The van der Waals surface area contributed by atoms with Crippen molar-refractivity contribution in [3.8, 4) is 0 Å². The molecular weight excluding hydrogens is 392 g/mol. The van der Waals surface area contributed by atoms with Gasteiger partial charge >= 0.3 is 5.97 Å². The molecule has 0 radical (unpaired) electrons. The minimum Gasteiger partial charge on any atom is -0.481 e. The van der Waals surface area contributed by atoms with E-state index in [-0.39, 0.29) is 29.6 Å². The molecule has 0 aromatic heterocycles. The van der Waals surface area contributed by atoms with E-state index in [4.69, 9.17) is 4.74 Å². The fourth-order valence-corrected chi connectivity index (χ4v) is 7.25. The molecule has 2 N–H and O–H groups in total. The van der Waals surface area contributed by atoms with E-state index < -0.39 is 22.9 Å². The average molecular weight is 435 g/mol. The molecule has 2 saturated carbocycles. The van der Waals surface area contributed by atoms with Crippen LogP contribution in [-0.4, -0.2) is 41.8 Å². The molecule has 5 heteroatoms. The summed E-state index contributed by atoms with van der Waals surface area (Å²) in [5, 5.41) is 21.3. The summed E-state index contributed by atoms with van der Waals surface area (Å²) in [6.45, 7) is 9.85. The quantitative estimate of drug-likeness (QED) is 0.260. The van der Waals surface area contributed by atoms with Crippen molar-refractivity contribution < 1.29 is 24.5 Å². The van der Waals surface area contributed by atoms with Crippen LogP contribution in [0.1, 0.15) is 79.1 Å². The predicted octanol–water partition coefficient (Wildman–Crippen LogP) is 4.87. The Labute approximate surface area is 187 Å². The number of carboxylic acids is 1. The number of allylic oxidation sites excluding steroid dienone is 1. The Morgan fingerprint density at radius 3 is 2.58 bits per heavy atom. The highest BCUT2D eigenvalue weighted by Gasteiger charge is 2.71. The Hall–Kier alpha value is -1.20. The lowest BCUT2D eigenvalue weighted by Gasteiger charge is -2.48. The lowest BCUT2D eigenvalue weighted by atomic mass is 9.52. The molecule has 0 spiro atoms. The number of aliphatic hydroxyl groups excluding tert-OH is 1. The number of carbonyl (C=O) groups is 2. The number of unbranched alkanes of at least 4 members (excludes halogenated alkanes) is 2. The second-order valence-corrected chi connectivity index (χ2v) is 10.7. The van der Waals surface area contributed by atoms with Crippen molar-refractivity contribution >= 4 is 12.3 Å². The van der Waals surface area contributed by atoms with Crippen LogP contribution in [0.3, 0.4) is 0 Å². The van der Waals surface area contributed by atoms with Gasteiger partial charge in [-0.3, -0.25) is 4.79 Å². The number of hydrogen-bond donors (Lipinski definition) is 2. The highest BCUT2D eigenvalue weighted by Crippen LogP contribution is 2.70. The molecular formula is C26H42O5. The van der Waals surface area contributed by atoms with E-state index in [9.17, 15) is 19.8 Å². The molecule has 3 rings (SSSR count). The molecule has 3 aliphatic rings. The second-order valence-electron chi connectivity index (χ2n) is 10.7. The summed E-state index contributed by atoms with van der Waals surface area (Å²) in [5.74, 6) is -0.432. The molecule has 3 aliphatic carbocycles. The van der Waals surface area contributed by atoms with Crippen molar-refractivity contribution in [1.29, 1.82) is 0 Å². The van der Waals surface area contributed by atoms with Gasteiger partial charge in [0.25, 0.3) is 0 Å². The van der Waals surface area contributed by atoms with E-state index in [2.05, 4.69) is 19.9 Å². The number of ether oxygens (including phenoxy) is 1. The van der Waals surface area contributed by atoms with Crippen molar-refractivity contribution in [2.45, 2.75) is 85.2 Å². The van der Waals surface area contributed by atoms with Crippen molar-refractivity contribution in [2.24, 2.45) is 40.4 Å². The van der Waals surface area contributed by atoms with E-state index in [0.717, 1.165) is 57.2 Å². The highest BCUT2D eigenvalue weighted by molar-refractivity contribution is 5.88. The normalized spacial score (nSPS) is 39.3. The molecule has 7 atom stereocenters. The number of carboxylic acid groups (broad SMARTS) is 1. The number of aliphatic hydroxyl groups is 1. The number of hydrogen-bond acceptors (Lipinski definition) is 4.